The smallest absolute Gasteiger partial charge is 0.330 e. The van der Waals surface area contributed by atoms with Crippen LogP contribution in [-0.4, -0.2) is 40.5 Å². The van der Waals surface area contributed by atoms with Crippen LogP contribution < -0.4 is 27.2 Å². The van der Waals surface area contributed by atoms with Gasteiger partial charge in [-0.3, -0.25) is 14.3 Å². The maximum absolute atomic E-state index is 12.7. The molecule has 29 heavy (non-hydrogen) atoms. The van der Waals surface area contributed by atoms with E-state index >= 15 is 0 Å². The van der Waals surface area contributed by atoms with Gasteiger partial charge >= 0.3 is 5.69 Å². The van der Waals surface area contributed by atoms with E-state index in [0.29, 0.717) is 24.8 Å². The van der Waals surface area contributed by atoms with E-state index in [4.69, 9.17) is 22.7 Å². The summed E-state index contributed by atoms with van der Waals surface area (Å²) in [5, 5.41) is 3.54. The fourth-order valence-corrected chi connectivity index (χ4v) is 3.62. The third-order valence-electron chi connectivity index (χ3n) is 4.85. The number of nitrogens with zero attached hydrogens (tertiary/aromatic N) is 2. The van der Waals surface area contributed by atoms with E-state index in [0.717, 1.165) is 24.8 Å². The molecule has 4 N–H and O–H groups in total. The Kier molecular flexibility index (Phi) is 7.05. The van der Waals surface area contributed by atoms with Gasteiger partial charge in [0.25, 0.3) is 5.56 Å². The molecule has 1 fully saturated rings. The minimum atomic E-state index is -0.560. The van der Waals surface area contributed by atoms with Crippen LogP contribution in [0.15, 0.2) is 39.9 Å². The first-order valence-electron chi connectivity index (χ1n) is 9.84. The quantitative estimate of drug-likeness (QED) is 0.586. The summed E-state index contributed by atoms with van der Waals surface area (Å²) in [6.07, 6.45) is 2.68. The van der Waals surface area contributed by atoms with Crippen LogP contribution in [0, 0.1) is 0 Å². The normalized spacial score (nSPS) is 16.0. The highest BCUT2D eigenvalue weighted by molar-refractivity contribution is 7.80. The van der Waals surface area contributed by atoms with Crippen LogP contribution in [0.5, 0.6) is 0 Å². The second kappa shape index (κ2) is 9.71. The number of hydrogen-bond acceptors (Lipinski definition) is 5. The van der Waals surface area contributed by atoms with Gasteiger partial charge in [0, 0.05) is 13.2 Å². The number of rotatable bonds is 7. The van der Waals surface area contributed by atoms with Crippen molar-refractivity contribution in [2.45, 2.75) is 38.8 Å². The molecule has 1 aromatic carbocycles. The van der Waals surface area contributed by atoms with Gasteiger partial charge in [0.2, 0.25) is 0 Å². The summed E-state index contributed by atoms with van der Waals surface area (Å²) in [4.78, 5) is 29.3. The van der Waals surface area contributed by atoms with Crippen LogP contribution in [-0.2, 0) is 11.3 Å². The number of nitrogen functional groups attached to an aromatic ring is 1. The van der Waals surface area contributed by atoms with Gasteiger partial charge in [-0.15, -0.1) is 0 Å². The lowest BCUT2D eigenvalue weighted by atomic mass is 10.2. The SMILES string of the molecule is CCCNC(=S)N(C[C@H]1CCCO1)c1c(N)n(Cc2ccccc2)c(=O)[nH]c1=O. The molecule has 1 aliphatic rings. The van der Waals surface area contributed by atoms with Crippen LogP contribution in [0.25, 0.3) is 0 Å². The number of H-pyrrole nitrogens is 1. The Bertz CT molecular complexity index is 951. The van der Waals surface area contributed by atoms with Gasteiger partial charge in [0.15, 0.2) is 10.8 Å². The number of benzene rings is 1. The van der Waals surface area contributed by atoms with Crippen molar-refractivity contribution in [3.8, 4) is 0 Å². The van der Waals surface area contributed by atoms with E-state index in [-0.39, 0.29) is 24.2 Å². The zero-order valence-corrected chi connectivity index (χ0v) is 17.3. The number of thiocarbonyl (C=S) groups is 1. The summed E-state index contributed by atoms with van der Waals surface area (Å²) in [5.74, 6) is 0.0845. The average Bonchev–Trinajstić information content (AvgIpc) is 3.22. The fourth-order valence-electron chi connectivity index (χ4n) is 3.36. The van der Waals surface area contributed by atoms with E-state index in [1.807, 2.05) is 37.3 Å². The van der Waals surface area contributed by atoms with Gasteiger partial charge in [-0.25, -0.2) is 4.79 Å². The molecule has 3 rings (SSSR count). The second-order valence-corrected chi connectivity index (χ2v) is 7.43. The number of anilines is 2. The molecule has 9 heteroatoms. The van der Waals surface area contributed by atoms with E-state index in [1.54, 1.807) is 4.90 Å². The molecule has 2 heterocycles. The summed E-state index contributed by atoms with van der Waals surface area (Å²) in [5.41, 5.74) is 6.31. The molecule has 156 valence electrons. The van der Waals surface area contributed by atoms with E-state index < -0.39 is 11.2 Å². The molecule has 0 radical (unpaired) electrons. The Morgan fingerprint density at radius 2 is 2.14 bits per heavy atom. The lowest BCUT2D eigenvalue weighted by Crippen LogP contribution is -2.48. The van der Waals surface area contributed by atoms with Crippen LogP contribution in [0.2, 0.25) is 0 Å². The van der Waals surface area contributed by atoms with Crippen molar-refractivity contribution >= 4 is 28.8 Å². The minimum absolute atomic E-state index is 0.0512. The maximum Gasteiger partial charge on any atom is 0.330 e. The second-order valence-electron chi connectivity index (χ2n) is 7.04. The highest BCUT2D eigenvalue weighted by Crippen LogP contribution is 2.21. The molecular formula is C20H27N5O3S. The molecule has 1 atom stereocenters. The summed E-state index contributed by atoms with van der Waals surface area (Å²) in [7, 11) is 0. The van der Waals surface area contributed by atoms with Gasteiger partial charge in [0.05, 0.1) is 19.2 Å². The number of nitrogens with two attached hydrogens (primary N) is 1. The largest absolute Gasteiger partial charge is 0.383 e. The van der Waals surface area contributed by atoms with Crippen molar-refractivity contribution in [2.24, 2.45) is 0 Å². The minimum Gasteiger partial charge on any atom is -0.383 e. The molecule has 1 aromatic heterocycles. The summed E-state index contributed by atoms with van der Waals surface area (Å²) < 4.78 is 7.10. The molecule has 0 spiro atoms. The fraction of sp³-hybridized carbons (Fsp3) is 0.450. The van der Waals surface area contributed by atoms with Crippen molar-refractivity contribution in [3.63, 3.8) is 0 Å². The molecule has 1 saturated heterocycles. The van der Waals surface area contributed by atoms with Crippen LogP contribution in [0.4, 0.5) is 11.5 Å². The Balaban J connectivity index is 2.01. The number of aromatic nitrogens is 2. The summed E-state index contributed by atoms with van der Waals surface area (Å²) in [6.45, 7) is 4.03. The van der Waals surface area contributed by atoms with E-state index in [1.165, 1.54) is 4.57 Å². The highest BCUT2D eigenvalue weighted by atomic mass is 32.1. The number of aromatic amines is 1. The Morgan fingerprint density at radius 1 is 1.38 bits per heavy atom. The van der Waals surface area contributed by atoms with Crippen molar-refractivity contribution in [1.29, 1.82) is 0 Å². The molecule has 0 bridgehead atoms. The first kappa shape index (κ1) is 21.1. The van der Waals surface area contributed by atoms with Crippen molar-refractivity contribution in [1.82, 2.24) is 14.9 Å². The molecule has 0 amide bonds. The monoisotopic (exact) mass is 417 g/mol. The molecule has 0 unspecified atom stereocenters. The first-order valence-corrected chi connectivity index (χ1v) is 10.3. The Hall–Kier alpha value is -2.65. The van der Waals surface area contributed by atoms with Gasteiger partial charge in [-0.1, -0.05) is 37.3 Å². The number of hydrogen-bond donors (Lipinski definition) is 3. The van der Waals surface area contributed by atoms with Gasteiger partial charge in [-0.2, -0.15) is 0 Å². The Labute approximate surface area is 174 Å². The zero-order chi connectivity index (χ0) is 20.8. The van der Waals surface area contributed by atoms with Crippen molar-refractivity contribution in [3.05, 3.63) is 56.7 Å². The topological polar surface area (TPSA) is 105 Å². The molecule has 0 aliphatic carbocycles. The molecular weight excluding hydrogens is 390 g/mol. The molecule has 8 nitrogen and oxygen atoms in total. The van der Waals surface area contributed by atoms with Crippen molar-refractivity contribution < 1.29 is 4.74 Å². The van der Waals surface area contributed by atoms with Gasteiger partial charge in [-0.05, 0) is 37.0 Å². The summed E-state index contributed by atoms with van der Waals surface area (Å²) in [6, 6.07) is 9.46. The number of ether oxygens (including phenoxy) is 1. The molecule has 1 aliphatic heterocycles. The predicted octanol–water partition coefficient (Wildman–Crippen LogP) is 1.44. The van der Waals surface area contributed by atoms with Crippen LogP contribution in [0.3, 0.4) is 0 Å². The van der Waals surface area contributed by atoms with E-state index in [9.17, 15) is 9.59 Å². The Morgan fingerprint density at radius 3 is 2.79 bits per heavy atom. The molecule has 2 aromatic rings. The van der Waals surface area contributed by atoms with Gasteiger partial charge in [0.1, 0.15) is 5.82 Å². The summed E-state index contributed by atoms with van der Waals surface area (Å²) >= 11 is 5.55. The maximum atomic E-state index is 12.7. The average molecular weight is 418 g/mol. The first-order chi connectivity index (χ1) is 14.0. The zero-order valence-electron chi connectivity index (χ0n) is 16.5. The lowest BCUT2D eigenvalue weighted by Gasteiger charge is -2.29. The standard InChI is InChI=1S/C20H27N5O3S/c1-2-10-22-20(29)24(13-15-9-6-11-28-15)16-17(21)25(19(27)23-18(16)26)12-14-7-4-3-5-8-14/h3-5,7-8,15H,2,6,9-13,21H2,1H3,(H,22,29)(H,23,26,27)/t15-/m1/s1. The third-order valence-corrected chi connectivity index (χ3v) is 5.21. The van der Waals surface area contributed by atoms with E-state index in [2.05, 4.69) is 10.3 Å². The molecule has 0 saturated carbocycles. The lowest BCUT2D eigenvalue weighted by molar-refractivity contribution is 0.117. The van der Waals surface area contributed by atoms with Crippen molar-refractivity contribution in [2.75, 3.05) is 30.3 Å². The highest BCUT2D eigenvalue weighted by Gasteiger charge is 2.27. The predicted molar refractivity (Wildman–Crippen MR) is 118 cm³/mol. The van der Waals surface area contributed by atoms with Crippen LogP contribution in [0.1, 0.15) is 31.7 Å². The third kappa shape index (κ3) is 5.04. The van der Waals surface area contributed by atoms with Crippen LogP contribution >= 0.6 is 12.2 Å². The van der Waals surface area contributed by atoms with Gasteiger partial charge < -0.3 is 20.7 Å². The number of nitrogens with one attached hydrogen (secondary N) is 2.